The molecule has 164 valence electrons. The number of hydrogen-bond donors (Lipinski definition) is 2. The molecular formula is C26H28FN5. The van der Waals surface area contributed by atoms with Crippen molar-refractivity contribution in [3.05, 3.63) is 102 Å². The van der Waals surface area contributed by atoms with Gasteiger partial charge in [-0.25, -0.2) is 9.37 Å². The third-order valence-corrected chi connectivity index (χ3v) is 6.55. The van der Waals surface area contributed by atoms with Gasteiger partial charge in [-0.05, 0) is 55.0 Å². The Labute approximate surface area is 187 Å². The topological polar surface area (TPSA) is 70.8 Å². The van der Waals surface area contributed by atoms with E-state index in [2.05, 4.69) is 45.2 Å². The van der Waals surface area contributed by atoms with E-state index < -0.39 is 0 Å². The van der Waals surface area contributed by atoms with Gasteiger partial charge >= 0.3 is 0 Å². The van der Waals surface area contributed by atoms with Crippen molar-refractivity contribution in [1.29, 1.82) is 0 Å². The molecule has 0 spiro atoms. The maximum absolute atomic E-state index is 15.6. The minimum atomic E-state index is -0.261. The van der Waals surface area contributed by atoms with E-state index in [0.29, 0.717) is 12.2 Å². The number of nitrogens with zero attached hydrogens (tertiary/aromatic N) is 3. The standard InChI is InChI=1S/C26H28FN5/c27-21-16-18(17-28)11-12-22(21)32(23-10-4-8-19-9-5-13-29-24(19)23)25(26-30-14-15-31-26)20-6-2-1-3-7-20/h1-3,5-6,9,11-16,20,23,25H,4,7-8,10,17,28H2,(H,30,31). The number of nitrogens with one attached hydrogen (secondary N) is 1. The fourth-order valence-corrected chi connectivity index (χ4v) is 5.07. The van der Waals surface area contributed by atoms with Crippen LogP contribution in [0.4, 0.5) is 10.1 Å². The number of nitrogens with two attached hydrogens (primary N) is 1. The molecule has 2 aliphatic carbocycles. The molecule has 3 unspecified atom stereocenters. The van der Waals surface area contributed by atoms with E-state index in [1.54, 1.807) is 12.3 Å². The fourth-order valence-electron chi connectivity index (χ4n) is 5.07. The Bertz CT molecular complexity index is 1120. The molecule has 2 aliphatic rings. The van der Waals surface area contributed by atoms with Crippen LogP contribution >= 0.6 is 0 Å². The number of imidazole rings is 1. The highest BCUT2D eigenvalue weighted by Gasteiger charge is 2.38. The molecule has 1 aromatic carbocycles. The zero-order chi connectivity index (χ0) is 21.9. The van der Waals surface area contributed by atoms with Crippen LogP contribution in [0, 0.1) is 11.7 Å². The van der Waals surface area contributed by atoms with Gasteiger partial charge in [0.1, 0.15) is 11.6 Å². The second-order valence-corrected chi connectivity index (χ2v) is 8.48. The molecule has 3 atom stereocenters. The molecule has 32 heavy (non-hydrogen) atoms. The Morgan fingerprint density at radius 2 is 2.12 bits per heavy atom. The van der Waals surface area contributed by atoms with Crippen LogP contribution in [0.1, 0.15) is 54.0 Å². The van der Waals surface area contributed by atoms with Crippen molar-refractivity contribution in [2.45, 2.75) is 44.3 Å². The second-order valence-electron chi connectivity index (χ2n) is 8.48. The summed E-state index contributed by atoms with van der Waals surface area (Å²) >= 11 is 0. The van der Waals surface area contributed by atoms with Crippen LogP contribution in [0.5, 0.6) is 0 Å². The number of anilines is 1. The highest BCUT2D eigenvalue weighted by Crippen LogP contribution is 2.45. The summed E-state index contributed by atoms with van der Waals surface area (Å²) in [6, 6.07) is 9.26. The third kappa shape index (κ3) is 3.86. The van der Waals surface area contributed by atoms with Crippen LogP contribution < -0.4 is 10.6 Å². The normalized spacial score (nSPS) is 20.7. The van der Waals surface area contributed by atoms with E-state index in [1.165, 1.54) is 5.56 Å². The number of hydrogen-bond acceptors (Lipinski definition) is 4. The molecule has 3 aromatic rings. The molecule has 0 saturated carbocycles. The van der Waals surface area contributed by atoms with E-state index in [9.17, 15) is 0 Å². The summed E-state index contributed by atoms with van der Waals surface area (Å²) in [5.41, 5.74) is 9.40. The lowest BCUT2D eigenvalue weighted by Gasteiger charge is -2.44. The van der Waals surface area contributed by atoms with Gasteiger partial charge < -0.3 is 15.6 Å². The zero-order valence-electron chi connectivity index (χ0n) is 18.0. The van der Waals surface area contributed by atoms with Crippen molar-refractivity contribution in [3.63, 3.8) is 0 Å². The van der Waals surface area contributed by atoms with Gasteiger partial charge in [0.2, 0.25) is 0 Å². The number of pyridine rings is 1. The molecule has 5 nitrogen and oxygen atoms in total. The van der Waals surface area contributed by atoms with E-state index in [-0.39, 0.29) is 23.8 Å². The van der Waals surface area contributed by atoms with Crippen LogP contribution in [-0.4, -0.2) is 15.0 Å². The predicted octanol–water partition coefficient (Wildman–Crippen LogP) is 5.16. The van der Waals surface area contributed by atoms with Crippen LogP contribution in [0.3, 0.4) is 0 Å². The summed E-state index contributed by atoms with van der Waals surface area (Å²) in [6.07, 6.45) is 17.8. The molecule has 6 heteroatoms. The maximum atomic E-state index is 15.6. The van der Waals surface area contributed by atoms with Crippen molar-refractivity contribution in [3.8, 4) is 0 Å². The number of aromatic amines is 1. The van der Waals surface area contributed by atoms with Crippen molar-refractivity contribution in [2.24, 2.45) is 11.7 Å². The number of fused-ring (bicyclic) bond motifs is 1. The molecule has 5 rings (SSSR count). The van der Waals surface area contributed by atoms with Crippen molar-refractivity contribution >= 4 is 5.69 Å². The van der Waals surface area contributed by atoms with Crippen LogP contribution in [0.2, 0.25) is 0 Å². The summed E-state index contributed by atoms with van der Waals surface area (Å²) in [5, 5.41) is 0. The largest absolute Gasteiger partial charge is 0.350 e. The predicted molar refractivity (Wildman–Crippen MR) is 124 cm³/mol. The van der Waals surface area contributed by atoms with Gasteiger partial charge in [-0.15, -0.1) is 0 Å². The monoisotopic (exact) mass is 429 g/mol. The zero-order valence-corrected chi connectivity index (χ0v) is 18.0. The quantitative estimate of drug-likeness (QED) is 0.568. The second kappa shape index (κ2) is 9.09. The van der Waals surface area contributed by atoms with E-state index >= 15 is 4.39 Å². The molecular weight excluding hydrogens is 401 g/mol. The number of rotatable bonds is 6. The van der Waals surface area contributed by atoms with Gasteiger partial charge in [0, 0.05) is 31.1 Å². The maximum Gasteiger partial charge on any atom is 0.146 e. The first kappa shape index (κ1) is 20.6. The average Bonchev–Trinajstić information content (AvgIpc) is 3.37. The minimum absolute atomic E-state index is 0.0485. The molecule has 0 amide bonds. The summed E-state index contributed by atoms with van der Waals surface area (Å²) in [4.78, 5) is 14.9. The number of benzene rings is 1. The van der Waals surface area contributed by atoms with Gasteiger partial charge in [0.25, 0.3) is 0 Å². The Kier molecular flexibility index (Phi) is 5.86. The van der Waals surface area contributed by atoms with Crippen molar-refractivity contribution in [2.75, 3.05) is 4.90 Å². The highest BCUT2D eigenvalue weighted by molar-refractivity contribution is 5.54. The van der Waals surface area contributed by atoms with Gasteiger partial charge in [-0.2, -0.15) is 0 Å². The molecule has 0 bridgehead atoms. The van der Waals surface area contributed by atoms with Crippen molar-refractivity contribution < 1.29 is 4.39 Å². The Morgan fingerprint density at radius 1 is 1.19 bits per heavy atom. The minimum Gasteiger partial charge on any atom is -0.350 e. The molecule has 0 fully saturated rings. The van der Waals surface area contributed by atoms with Gasteiger partial charge in [0.15, 0.2) is 0 Å². The first-order valence-corrected chi connectivity index (χ1v) is 11.3. The first-order valence-electron chi connectivity index (χ1n) is 11.3. The smallest absolute Gasteiger partial charge is 0.146 e. The Balaban J connectivity index is 1.69. The SMILES string of the molecule is NCc1ccc(N(C2CCCc3cccnc32)C(c2ncc[nH]2)C2C=CC=CC2)c(F)c1. The highest BCUT2D eigenvalue weighted by atomic mass is 19.1. The van der Waals surface area contributed by atoms with E-state index in [1.807, 2.05) is 30.6 Å². The average molecular weight is 430 g/mol. The summed E-state index contributed by atoms with van der Waals surface area (Å²) in [5.74, 6) is 0.719. The van der Waals surface area contributed by atoms with Gasteiger partial charge in [-0.1, -0.05) is 36.4 Å². The number of aryl methyl sites for hydroxylation is 1. The third-order valence-electron chi connectivity index (χ3n) is 6.55. The molecule has 0 aliphatic heterocycles. The number of allylic oxidation sites excluding steroid dienone is 3. The van der Waals surface area contributed by atoms with Crippen LogP contribution in [-0.2, 0) is 13.0 Å². The summed E-state index contributed by atoms with van der Waals surface area (Å²) < 4.78 is 15.6. The van der Waals surface area contributed by atoms with E-state index in [4.69, 9.17) is 10.7 Å². The molecule has 0 saturated heterocycles. The lowest BCUT2D eigenvalue weighted by molar-refractivity contribution is 0.386. The number of H-pyrrole nitrogens is 1. The van der Waals surface area contributed by atoms with Crippen LogP contribution in [0.25, 0.3) is 0 Å². The summed E-state index contributed by atoms with van der Waals surface area (Å²) in [7, 11) is 0. The first-order chi connectivity index (χ1) is 15.8. The van der Waals surface area contributed by atoms with Gasteiger partial charge in [0.05, 0.1) is 23.5 Å². The number of halogens is 1. The molecule has 2 heterocycles. The Morgan fingerprint density at radius 3 is 2.88 bits per heavy atom. The summed E-state index contributed by atoms with van der Waals surface area (Å²) in [6.45, 7) is 0.308. The lowest BCUT2D eigenvalue weighted by atomic mass is 9.85. The van der Waals surface area contributed by atoms with E-state index in [0.717, 1.165) is 42.8 Å². The Hall–Kier alpha value is -3.25. The molecule has 2 aromatic heterocycles. The lowest BCUT2D eigenvalue weighted by Crippen LogP contribution is -2.40. The molecule has 3 N–H and O–H groups in total. The number of aromatic nitrogens is 3. The van der Waals surface area contributed by atoms with Crippen molar-refractivity contribution in [1.82, 2.24) is 15.0 Å². The van der Waals surface area contributed by atoms with Gasteiger partial charge in [-0.3, -0.25) is 4.98 Å². The fraction of sp³-hybridized carbons (Fsp3) is 0.308. The molecule has 0 radical (unpaired) electrons. The van der Waals surface area contributed by atoms with Crippen LogP contribution in [0.15, 0.2) is 73.2 Å².